The third kappa shape index (κ3) is 3.30. The lowest BCUT2D eigenvalue weighted by Crippen LogP contribution is -2.08. The highest BCUT2D eigenvalue weighted by Gasteiger charge is 2.20. The van der Waals surface area contributed by atoms with Gasteiger partial charge in [0, 0.05) is 11.8 Å². The molecule has 0 aliphatic rings. The van der Waals surface area contributed by atoms with Crippen molar-refractivity contribution < 1.29 is 4.79 Å². The lowest BCUT2D eigenvalue weighted by molar-refractivity contribution is 0.103. The van der Waals surface area contributed by atoms with Crippen LogP contribution < -0.4 is 5.32 Å². The van der Waals surface area contributed by atoms with Crippen molar-refractivity contribution >= 4 is 46.9 Å². The topological polar surface area (TPSA) is 89.2 Å². The van der Waals surface area contributed by atoms with Gasteiger partial charge in [0.15, 0.2) is 17.3 Å². The van der Waals surface area contributed by atoms with E-state index in [0.29, 0.717) is 27.1 Å². The zero-order chi connectivity index (χ0) is 18.8. The fourth-order valence-corrected chi connectivity index (χ4v) is 2.94. The standard InChI is InChI=1S/C17H15BBrN5O2/c1-9-5-3-4-6-11(9)16(25)12-8-20-14(19)7-13(12)21-17-15(23-26)10(2)24(18)22-17/h3-8H,18H2,1-2H3,(H,20,21,22). The predicted octanol–water partition coefficient (Wildman–Crippen LogP) is 3.43. The summed E-state index contributed by atoms with van der Waals surface area (Å²) in [5.74, 6) is 0.121. The van der Waals surface area contributed by atoms with Gasteiger partial charge in [-0.3, -0.25) is 4.79 Å². The minimum absolute atomic E-state index is 0.168. The Morgan fingerprint density at radius 1 is 1.27 bits per heavy atom. The van der Waals surface area contributed by atoms with Crippen molar-refractivity contribution in [2.24, 2.45) is 5.18 Å². The van der Waals surface area contributed by atoms with Crippen LogP contribution in [-0.4, -0.2) is 28.4 Å². The van der Waals surface area contributed by atoms with E-state index >= 15 is 0 Å². The first-order valence-electron chi connectivity index (χ1n) is 7.82. The van der Waals surface area contributed by atoms with Crippen LogP contribution in [0.15, 0.2) is 46.3 Å². The SMILES string of the molecule is Bn1nc(Nc2cc(Br)ncc2C(=O)c2ccccc2C)c(N=O)c1C. The van der Waals surface area contributed by atoms with Crippen molar-refractivity contribution in [3.8, 4) is 0 Å². The van der Waals surface area contributed by atoms with E-state index < -0.39 is 0 Å². The average molecular weight is 412 g/mol. The molecule has 9 heteroatoms. The molecule has 1 aromatic carbocycles. The lowest BCUT2D eigenvalue weighted by atomic mass is 9.99. The number of aryl methyl sites for hydroxylation is 1. The van der Waals surface area contributed by atoms with Crippen molar-refractivity contribution in [2.45, 2.75) is 13.8 Å². The molecule has 0 bridgehead atoms. The number of benzene rings is 1. The number of hydrogen-bond acceptors (Lipinski definition) is 6. The molecular weight excluding hydrogens is 397 g/mol. The van der Waals surface area contributed by atoms with Gasteiger partial charge >= 0.3 is 0 Å². The van der Waals surface area contributed by atoms with E-state index in [1.54, 1.807) is 31.6 Å². The van der Waals surface area contributed by atoms with Crippen LogP contribution in [-0.2, 0) is 0 Å². The second-order valence-corrected chi connectivity index (χ2v) is 6.63. The number of nitroso groups, excluding NO2 is 1. The van der Waals surface area contributed by atoms with E-state index in [4.69, 9.17) is 0 Å². The van der Waals surface area contributed by atoms with Crippen molar-refractivity contribution in [1.82, 2.24) is 14.7 Å². The normalized spacial score (nSPS) is 10.6. The summed E-state index contributed by atoms with van der Waals surface area (Å²) in [6.45, 7) is 3.62. The summed E-state index contributed by atoms with van der Waals surface area (Å²) < 4.78 is 2.10. The Bertz CT molecular complexity index is 1020. The molecule has 0 unspecified atom stereocenters. The third-order valence-corrected chi connectivity index (χ3v) is 4.59. The molecule has 0 radical (unpaired) electrons. The monoisotopic (exact) mass is 411 g/mol. The summed E-state index contributed by atoms with van der Waals surface area (Å²) in [7, 11) is 1.72. The first-order valence-corrected chi connectivity index (χ1v) is 8.61. The summed E-state index contributed by atoms with van der Waals surface area (Å²) in [6.07, 6.45) is 1.49. The van der Waals surface area contributed by atoms with Crippen molar-refractivity contribution in [3.63, 3.8) is 0 Å². The molecule has 2 heterocycles. The van der Waals surface area contributed by atoms with E-state index in [1.807, 2.05) is 25.1 Å². The second kappa shape index (κ2) is 7.21. The van der Waals surface area contributed by atoms with Gasteiger partial charge in [-0.05, 0) is 46.6 Å². The molecule has 1 N–H and O–H groups in total. The number of hydrogen-bond donors (Lipinski definition) is 1. The Morgan fingerprint density at radius 2 is 2.00 bits per heavy atom. The van der Waals surface area contributed by atoms with E-state index in [0.717, 1.165) is 5.56 Å². The van der Waals surface area contributed by atoms with Gasteiger partial charge in [0.25, 0.3) is 0 Å². The van der Waals surface area contributed by atoms with Crippen molar-refractivity contribution in [3.05, 3.63) is 68.4 Å². The van der Waals surface area contributed by atoms with E-state index in [2.05, 4.69) is 36.5 Å². The Hall–Kier alpha value is -2.81. The maximum atomic E-state index is 13.0. The van der Waals surface area contributed by atoms with Crippen molar-refractivity contribution in [2.75, 3.05) is 5.32 Å². The van der Waals surface area contributed by atoms with Gasteiger partial charge in [-0.2, -0.15) is 5.10 Å². The summed E-state index contributed by atoms with van der Waals surface area (Å²) >= 11 is 3.31. The molecule has 2 aromatic heterocycles. The van der Waals surface area contributed by atoms with Crippen LogP contribution in [0.4, 0.5) is 17.2 Å². The fourth-order valence-electron chi connectivity index (χ4n) is 2.61. The summed E-state index contributed by atoms with van der Waals surface area (Å²) in [6, 6.07) is 9.01. The van der Waals surface area contributed by atoms with Crippen molar-refractivity contribution in [1.29, 1.82) is 0 Å². The number of halogens is 1. The van der Waals surface area contributed by atoms with Gasteiger partial charge in [0.1, 0.15) is 4.60 Å². The fraction of sp³-hybridized carbons (Fsp3) is 0.118. The summed E-state index contributed by atoms with van der Waals surface area (Å²) in [4.78, 5) is 28.3. The lowest BCUT2D eigenvalue weighted by Gasteiger charge is -2.11. The zero-order valence-electron chi connectivity index (χ0n) is 14.4. The Kier molecular flexibility index (Phi) is 4.99. The van der Waals surface area contributed by atoms with Gasteiger partial charge < -0.3 is 9.91 Å². The van der Waals surface area contributed by atoms with Gasteiger partial charge in [-0.15, -0.1) is 4.91 Å². The predicted molar refractivity (Wildman–Crippen MR) is 106 cm³/mol. The highest BCUT2D eigenvalue weighted by Crippen LogP contribution is 2.32. The number of carbonyl (C=O) groups is 1. The molecule has 26 heavy (non-hydrogen) atoms. The molecule has 0 fully saturated rings. The molecule has 7 nitrogen and oxygen atoms in total. The average Bonchev–Trinajstić information content (AvgIpc) is 2.88. The quantitative estimate of drug-likeness (QED) is 0.300. The molecule has 0 amide bonds. The number of ketones is 1. The van der Waals surface area contributed by atoms with Crippen LogP contribution in [0.5, 0.6) is 0 Å². The van der Waals surface area contributed by atoms with Crippen LogP contribution >= 0.6 is 15.9 Å². The number of aromatic nitrogens is 3. The molecule has 0 aliphatic carbocycles. The Labute approximate surface area is 159 Å². The van der Waals surface area contributed by atoms with Gasteiger partial charge in [-0.25, -0.2) is 4.98 Å². The molecule has 0 spiro atoms. The summed E-state index contributed by atoms with van der Waals surface area (Å²) in [5, 5.41) is 10.4. The molecule has 0 saturated heterocycles. The molecular formula is C17H15BBrN5O2. The Balaban J connectivity index is 2.08. The van der Waals surface area contributed by atoms with Crippen LogP contribution in [0.2, 0.25) is 0 Å². The number of carbonyl (C=O) groups excluding carboxylic acids is 1. The highest BCUT2D eigenvalue weighted by molar-refractivity contribution is 9.10. The van der Waals surface area contributed by atoms with Gasteiger partial charge in [0.2, 0.25) is 7.98 Å². The maximum Gasteiger partial charge on any atom is 0.249 e. The number of pyridine rings is 1. The number of anilines is 2. The molecule has 0 atom stereocenters. The van der Waals surface area contributed by atoms with E-state index in [9.17, 15) is 9.70 Å². The van der Waals surface area contributed by atoms with Crippen LogP contribution in [0.25, 0.3) is 0 Å². The van der Waals surface area contributed by atoms with Crippen LogP contribution in [0.1, 0.15) is 27.2 Å². The molecule has 3 aromatic rings. The van der Waals surface area contributed by atoms with Gasteiger partial charge in [0.05, 0.1) is 16.9 Å². The molecule has 130 valence electrons. The number of rotatable bonds is 5. The smallest absolute Gasteiger partial charge is 0.249 e. The molecule has 0 saturated carbocycles. The van der Waals surface area contributed by atoms with E-state index in [1.165, 1.54) is 6.20 Å². The number of nitrogens with zero attached hydrogens (tertiary/aromatic N) is 4. The first kappa shape index (κ1) is 18.0. The second-order valence-electron chi connectivity index (χ2n) is 5.82. The largest absolute Gasteiger partial charge is 0.336 e. The highest BCUT2D eigenvalue weighted by atomic mass is 79.9. The van der Waals surface area contributed by atoms with Crippen LogP contribution in [0.3, 0.4) is 0 Å². The van der Waals surface area contributed by atoms with Crippen LogP contribution in [0, 0.1) is 18.8 Å². The van der Waals surface area contributed by atoms with Gasteiger partial charge in [-0.1, -0.05) is 24.3 Å². The van der Waals surface area contributed by atoms with E-state index in [-0.39, 0.29) is 17.3 Å². The summed E-state index contributed by atoms with van der Waals surface area (Å²) in [5.41, 5.74) is 3.16. The third-order valence-electron chi connectivity index (χ3n) is 4.15. The number of nitrogens with one attached hydrogen (secondary N) is 1. The first-order chi connectivity index (χ1) is 12.4. The molecule has 0 aliphatic heterocycles. The minimum Gasteiger partial charge on any atom is -0.336 e. The minimum atomic E-state index is -0.168. The Morgan fingerprint density at radius 3 is 2.69 bits per heavy atom. The zero-order valence-corrected chi connectivity index (χ0v) is 16.0. The molecule has 3 rings (SSSR count). The maximum absolute atomic E-state index is 13.0.